The van der Waals surface area contributed by atoms with Crippen molar-refractivity contribution in [2.45, 2.75) is 63.6 Å². The number of nitrogens with zero attached hydrogens (tertiary/aromatic N) is 2. The smallest absolute Gasteiger partial charge is 0.261 e. The second-order valence-electron chi connectivity index (χ2n) is 7.98. The number of nitrogens with two attached hydrogens (primary N) is 1. The number of pyridine rings is 1. The van der Waals surface area contributed by atoms with Crippen molar-refractivity contribution in [2.75, 3.05) is 6.54 Å². The molecule has 2 atom stereocenters. The zero-order valence-electron chi connectivity index (χ0n) is 16.9. The van der Waals surface area contributed by atoms with Gasteiger partial charge in [-0.1, -0.05) is 19.9 Å². The van der Waals surface area contributed by atoms with E-state index < -0.39 is 33.4 Å². The van der Waals surface area contributed by atoms with Crippen molar-refractivity contribution in [3.8, 4) is 0 Å². The number of amides is 2. The number of primary amides is 1. The molecule has 10 heteroatoms. The monoisotopic (exact) mass is 424 g/mol. The van der Waals surface area contributed by atoms with Crippen LogP contribution in [0, 0.1) is 5.41 Å². The van der Waals surface area contributed by atoms with Crippen LogP contribution in [-0.2, 0) is 24.4 Å². The van der Waals surface area contributed by atoms with Gasteiger partial charge >= 0.3 is 0 Å². The van der Waals surface area contributed by atoms with Gasteiger partial charge in [-0.25, -0.2) is 13.4 Å². The minimum Gasteiger partial charge on any atom is -0.369 e. The van der Waals surface area contributed by atoms with Crippen LogP contribution in [0.2, 0.25) is 0 Å². The normalized spacial score (nSPS) is 21.4. The van der Waals surface area contributed by atoms with Crippen LogP contribution in [0.3, 0.4) is 0 Å². The van der Waals surface area contributed by atoms with E-state index in [0.29, 0.717) is 12.8 Å². The number of hydrogen-bond acceptors (Lipinski definition) is 6. The number of Topliss-reactive ketones (excluding diaryl/α,β-unsaturated/α-hetero) is 1. The summed E-state index contributed by atoms with van der Waals surface area (Å²) in [7, 11) is -3.92. The number of carbonyl (C=O) groups is 3. The van der Waals surface area contributed by atoms with Gasteiger partial charge in [-0.2, -0.15) is 4.31 Å². The summed E-state index contributed by atoms with van der Waals surface area (Å²) in [5, 5.41) is 2.56. The molecule has 160 valence electrons. The SMILES string of the molecule is C[C@@H]1CC[C@H](NC(=O)CCC(C)(C)C(N)=O)C(=O)CN1S(=O)(=O)c1ccccn1. The molecule has 0 radical (unpaired) electrons. The second-order valence-corrected chi connectivity index (χ2v) is 9.82. The lowest BCUT2D eigenvalue weighted by atomic mass is 9.87. The van der Waals surface area contributed by atoms with E-state index in [2.05, 4.69) is 10.3 Å². The summed E-state index contributed by atoms with van der Waals surface area (Å²) in [6, 6.07) is 3.38. The molecule has 1 aliphatic rings. The number of aromatic nitrogens is 1. The number of ketones is 1. The van der Waals surface area contributed by atoms with Crippen LogP contribution in [-0.4, -0.2) is 53.9 Å². The number of nitrogens with one attached hydrogen (secondary N) is 1. The lowest BCUT2D eigenvalue weighted by Crippen LogP contribution is -2.45. The molecule has 1 aromatic rings. The third-order valence-electron chi connectivity index (χ3n) is 5.26. The van der Waals surface area contributed by atoms with Crippen LogP contribution in [0.4, 0.5) is 0 Å². The van der Waals surface area contributed by atoms with E-state index in [4.69, 9.17) is 5.73 Å². The third kappa shape index (κ3) is 5.60. The molecule has 29 heavy (non-hydrogen) atoms. The van der Waals surface area contributed by atoms with Crippen LogP contribution in [0.1, 0.15) is 46.5 Å². The van der Waals surface area contributed by atoms with E-state index >= 15 is 0 Å². The minimum absolute atomic E-state index is 0.0468. The summed E-state index contributed by atoms with van der Waals surface area (Å²) in [5.41, 5.74) is 4.48. The van der Waals surface area contributed by atoms with Gasteiger partial charge in [0.15, 0.2) is 10.8 Å². The first-order valence-electron chi connectivity index (χ1n) is 9.50. The van der Waals surface area contributed by atoms with Gasteiger partial charge in [0.05, 0.1) is 12.6 Å². The highest BCUT2D eigenvalue weighted by molar-refractivity contribution is 7.89. The lowest BCUT2D eigenvalue weighted by Gasteiger charge is -2.24. The topological polar surface area (TPSA) is 140 Å². The Bertz CT molecular complexity index is 870. The van der Waals surface area contributed by atoms with E-state index in [1.165, 1.54) is 12.3 Å². The van der Waals surface area contributed by atoms with Crippen molar-refractivity contribution in [2.24, 2.45) is 11.1 Å². The maximum absolute atomic E-state index is 12.9. The largest absolute Gasteiger partial charge is 0.369 e. The van der Waals surface area contributed by atoms with Crippen molar-refractivity contribution >= 4 is 27.6 Å². The van der Waals surface area contributed by atoms with Crippen molar-refractivity contribution in [3.05, 3.63) is 24.4 Å². The lowest BCUT2D eigenvalue weighted by molar-refractivity contribution is -0.129. The number of carbonyl (C=O) groups excluding carboxylic acids is 3. The Kier molecular flexibility index (Phi) is 7.12. The molecular weight excluding hydrogens is 396 g/mol. The Morgan fingerprint density at radius 1 is 1.31 bits per heavy atom. The zero-order chi connectivity index (χ0) is 21.8. The maximum atomic E-state index is 12.9. The Labute approximate surface area is 171 Å². The van der Waals surface area contributed by atoms with Crippen LogP contribution in [0.25, 0.3) is 0 Å². The van der Waals surface area contributed by atoms with E-state index in [1.807, 2.05) is 0 Å². The minimum atomic E-state index is -3.92. The molecule has 0 aromatic carbocycles. The molecule has 2 amide bonds. The molecule has 1 saturated heterocycles. The number of hydrogen-bond donors (Lipinski definition) is 2. The van der Waals surface area contributed by atoms with Crippen LogP contribution < -0.4 is 11.1 Å². The molecule has 2 heterocycles. The summed E-state index contributed by atoms with van der Waals surface area (Å²) in [6.45, 7) is 4.70. The zero-order valence-corrected chi connectivity index (χ0v) is 17.7. The summed E-state index contributed by atoms with van der Waals surface area (Å²) in [5.74, 6) is -1.25. The van der Waals surface area contributed by atoms with E-state index in [1.54, 1.807) is 32.9 Å². The summed E-state index contributed by atoms with van der Waals surface area (Å²) in [6.07, 6.45) is 2.43. The number of rotatable bonds is 7. The Balaban J connectivity index is 2.06. The molecule has 0 saturated carbocycles. The molecular formula is C19H28N4O5S. The molecule has 3 N–H and O–H groups in total. The van der Waals surface area contributed by atoms with Gasteiger partial charge in [0.2, 0.25) is 11.8 Å². The molecule has 9 nitrogen and oxygen atoms in total. The van der Waals surface area contributed by atoms with Crippen molar-refractivity contribution in [1.29, 1.82) is 0 Å². The quantitative estimate of drug-likeness (QED) is 0.657. The van der Waals surface area contributed by atoms with Crippen molar-refractivity contribution in [3.63, 3.8) is 0 Å². The van der Waals surface area contributed by atoms with E-state index in [-0.39, 0.29) is 36.1 Å². The predicted octanol–water partition coefficient (Wildman–Crippen LogP) is 0.600. The van der Waals surface area contributed by atoms with Gasteiger partial charge in [-0.15, -0.1) is 0 Å². The van der Waals surface area contributed by atoms with E-state index in [0.717, 1.165) is 4.31 Å². The molecule has 0 spiro atoms. The fourth-order valence-electron chi connectivity index (χ4n) is 3.04. The molecule has 2 rings (SSSR count). The average molecular weight is 425 g/mol. The van der Waals surface area contributed by atoms with Crippen LogP contribution in [0.5, 0.6) is 0 Å². The first-order valence-corrected chi connectivity index (χ1v) is 10.9. The molecule has 0 unspecified atom stereocenters. The average Bonchev–Trinajstić information content (AvgIpc) is 2.81. The van der Waals surface area contributed by atoms with Gasteiger partial charge in [0.25, 0.3) is 10.0 Å². The fourth-order valence-corrected chi connectivity index (χ4v) is 4.60. The first-order chi connectivity index (χ1) is 13.4. The molecule has 1 aromatic heterocycles. The predicted molar refractivity (Wildman–Crippen MR) is 106 cm³/mol. The van der Waals surface area contributed by atoms with Gasteiger partial charge in [0.1, 0.15) is 0 Å². The molecule has 1 aliphatic heterocycles. The maximum Gasteiger partial charge on any atom is 0.261 e. The Morgan fingerprint density at radius 3 is 2.59 bits per heavy atom. The van der Waals surface area contributed by atoms with E-state index in [9.17, 15) is 22.8 Å². The first kappa shape index (κ1) is 23.0. The van der Waals surface area contributed by atoms with Gasteiger partial charge in [0, 0.05) is 24.1 Å². The van der Waals surface area contributed by atoms with Gasteiger partial charge < -0.3 is 11.1 Å². The standard InChI is InChI=1S/C19H28N4O5S/c1-13-7-8-14(22-16(25)9-10-19(2,3)18(20)26)15(24)12-23(13)29(27,28)17-6-4-5-11-21-17/h4-6,11,13-14H,7-10,12H2,1-3H3,(H2,20,26)(H,22,25)/t13-,14+/m1/s1. The van der Waals surface area contributed by atoms with Crippen molar-refractivity contribution < 1.29 is 22.8 Å². The Hall–Kier alpha value is -2.33. The fraction of sp³-hybridized carbons (Fsp3) is 0.579. The highest BCUT2D eigenvalue weighted by Gasteiger charge is 2.37. The molecule has 0 bridgehead atoms. The van der Waals surface area contributed by atoms with Gasteiger partial charge in [-0.3, -0.25) is 14.4 Å². The second kappa shape index (κ2) is 9.00. The Morgan fingerprint density at radius 2 is 2.00 bits per heavy atom. The molecule has 1 fully saturated rings. The van der Waals surface area contributed by atoms with Crippen molar-refractivity contribution in [1.82, 2.24) is 14.6 Å². The van der Waals surface area contributed by atoms with Crippen LogP contribution >= 0.6 is 0 Å². The third-order valence-corrected chi connectivity index (χ3v) is 7.13. The summed E-state index contributed by atoms with van der Waals surface area (Å²) >= 11 is 0. The highest BCUT2D eigenvalue weighted by Crippen LogP contribution is 2.24. The summed E-state index contributed by atoms with van der Waals surface area (Å²) in [4.78, 5) is 40.2. The summed E-state index contributed by atoms with van der Waals surface area (Å²) < 4.78 is 26.9. The number of sulfonamides is 1. The van der Waals surface area contributed by atoms with Gasteiger partial charge in [-0.05, 0) is 38.3 Å². The van der Waals surface area contributed by atoms with Crippen LogP contribution in [0.15, 0.2) is 29.4 Å². The highest BCUT2D eigenvalue weighted by atomic mass is 32.2. The molecule has 0 aliphatic carbocycles.